The van der Waals surface area contributed by atoms with Gasteiger partial charge in [-0.3, -0.25) is 0 Å². The van der Waals surface area contributed by atoms with E-state index < -0.39 is 39.9 Å². The van der Waals surface area contributed by atoms with Crippen molar-refractivity contribution < 1.29 is 45.8 Å². The smallest absolute Gasteiger partial charge is 0.423 e. The second-order valence-electron chi connectivity index (χ2n) is 6.14. The number of ether oxygens (including phenoxy) is 3. The van der Waals surface area contributed by atoms with E-state index in [-0.39, 0.29) is 31.4 Å². The van der Waals surface area contributed by atoms with Crippen LogP contribution in [0.15, 0.2) is 23.1 Å². The lowest BCUT2D eigenvalue weighted by molar-refractivity contribution is -0.275. The molecular formula is C14H17BF3NO7S. The maximum atomic E-state index is 12.9. The summed E-state index contributed by atoms with van der Waals surface area (Å²) in [6.07, 6.45) is -4.66. The van der Waals surface area contributed by atoms with Gasteiger partial charge < -0.3 is 24.3 Å². The van der Waals surface area contributed by atoms with Crippen LogP contribution in [0.25, 0.3) is 0 Å². The number of hydrogen-bond donors (Lipinski definition) is 2. The molecular weight excluding hydrogens is 394 g/mol. The molecule has 150 valence electrons. The summed E-state index contributed by atoms with van der Waals surface area (Å²) in [5.74, 6) is -1.80. The van der Waals surface area contributed by atoms with Crippen molar-refractivity contribution in [3.8, 4) is 5.75 Å². The molecule has 2 aliphatic heterocycles. The lowest BCUT2D eigenvalue weighted by atomic mass is 9.80. The average molecular weight is 411 g/mol. The normalized spacial score (nSPS) is 20.8. The number of hydrogen-bond acceptors (Lipinski definition) is 7. The maximum absolute atomic E-state index is 12.9. The Morgan fingerprint density at radius 2 is 1.74 bits per heavy atom. The monoisotopic (exact) mass is 411 g/mol. The highest BCUT2D eigenvalue weighted by atomic mass is 32.2. The van der Waals surface area contributed by atoms with Gasteiger partial charge in [0.2, 0.25) is 10.0 Å². The van der Waals surface area contributed by atoms with E-state index in [4.69, 9.17) is 9.47 Å². The SMILES string of the molecule is O=S(=O)(c1cc(B(O)O)ccc1OC(F)(F)F)N1CCC2(CC1)OCCO2. The highest BCUT2D eigenvalue weighted by Gasteiger charge is 2.44. The van der Waals surface area contributed by atoms with Crippen LogP contribution in [0.1, 0.15) is 12.8 Å². The summed E-state index contributed by atoms with van der Waals surface area (Å²) in [4.78, 5) is -0.797. The standard InChI is InChI=1S/C14H17BF3NO7S/c16-14(17,18)26-11-2-1-10(15(20)21)9-12(11)27(22,23)19-5-3-13(4-6-19)24-7-8-25-13/h1-2,9,20-21H,3-8H2. The van der Waals surface area contributed by atoms with Crippen molar-refractivity contribution in [1.82, 2.24) is 4.31 Å². The lowest BCUT2D eigenvalue weighted by Crippen LogP contribution is -2.47. The van der Waals surface area contributed by atoms with E-state index in [2.05, 4.69) is 4.74 Å². The van der Waals surface area contributed by atoms with Gasteiger partial charge in [-0.15, -0.1) is 13.2 Å². The molecule has 8 nitrogen and oxygen atoms in total. The van der Waals surface area contributed by atoms with Crippen LogP contribution < -0.4 is 10.2 Å². The Labute approximate surface area is 153 Å². The van der Waals surface area contributed by atoms with E-state index in [1.165, 1.54) is 0 Å². The number of benzene rings is 1. The third-order valence-electron chi connectivity index (χ3n) is 4.41. The van der Waals surface area contributed by atoms with Crippen LogP contribution >= 0.6 is 0 Å². The minimum Gasteiger partial charge on any atom is -0.423 e. The molecule has 0 atom stereocenters. The second-order valence-corrected chi connectivity index (χ2v) is 8.05. The van der Waals surface area contributed by atoms with Gasteiger partial charge in [-0.05, 0) is 17.6 Å². The van der Waals surface area contributed by atoms with Crippen LogP contribution in [0.2, 0.25) is 0 Å². The Morgan fingerprint density at radius 1 is 1.15 bits per heavy atom. The minimum atomic E-state index is -5.11. The third kappa shape index (κ3) is 4.38. The van der Waals surface area contributed by atoms with Crippen LogP contribution in [-0.2, 0) is 19.5 Å². The molecule has 27 heavy (non-hydrogen) atoms. The molecule has 0 aromatic heterocycles. The van der Waals surface area contributed by atoms with Gasteiger partial charge in [-0.1, -0.05) is 6.07 Å². The van der Waals surface area contributed by atoms with E-state index >= 15 is 0 Å². The minimum absolute atomic E-state index is 0.0281. The molecule has 2 heterocycles. The van der Waals surface area contributed by atoms with Crippen molar-refractivity contribution in [3.63, 3.8) is 0 Å². The highest BCUT2D eigenvalue weighted by Crippen LogP contribution is 2.36. The van der Waals surface area contributed by atoms with Crippen molar-refractivity contribution in [3.05, 3.63) is 18.2 Å². The summed E-state index contributed by atoms with van der Waals surface area (Å²) in [6, 6.07) is 2.44. The van der Waals surface area contributed by atoms with E-state index in [0.29, 0.717) is 13.2 Å². The predicted octanol–water partition coefficient (Wildman–Crippen LogP) is -0.207. The third-order valence-corrected chi connectivity index (χ3v) is 6.33. The number of sulfonamides is 1. The largest absolute Gasteiger partial charge is 0.573 e. The zero-order chi connectivity index (χ0) is 19.9. The molecule has 0 unspecified atom stereocenters. The molecule has 3 rings (SSSR count). The second kappa shape index (κ2) is 7.22. The first-order valence-electron chi connectivity index (χ1n) is 8.06. The van der Waals surface area contributed by atoms with Gasteiger partial charge in [-0.25, -0.2) is 8.42 Å². The fraction of sp³-hybridized carbons (Fsp3) is 0.571. The van der Waals surface area contributed by atoms with Crippen molar-refractivity contribution in [1.29, 1.82) is 0 Å². The zero-order valence-corrected chi connectivity index (χ0v) is 14.8. The average Bonchev–Trinajstić information content (AvgIpc) is 3.02. The number of rotatable bonds is 4. The van der Waals surface area contributed by atoms with E-state index in [1.54, 1.807) is 0 Å². The van der Waals surface area contributed by atoms with Crippen LogP contribution in [-0.4, -0.2) is 68.3 Å². The van der Waals surface area contributed by atoms with Gasteiger partial charge in [0.15, 0.2) is 5.79 Å². The molecule has 2 saturated heterocycles. The topological polar surface area (TPSA) is 106 Å². The zero-order valence-electron chi connectivity index (χ0n) is 14.0. The Kier molecular flexibility index (Phi) is 5.45. The summed E-state index contributed by atoms with van der Waals surface area (Å²) in [6.45, 7) is 0.735. The van der Waals surface area contributed by atoms with Crippen molar-refractivity contribution in [2.24, 2.45) is 0 Å². The number of piperidine rings is 1. The van der Waals surface area contributed by atoms with Gasteiger partial charge >= 0.3 is 13.5 Å². The van der Waals surface area contributed by atoms with Gasteiger partial charge in [0.1, 0.15) is 10.6 Å². The first kappa shape index (κ1) is 20.4. The molecule has 1 aromatic carbocycles. The first-order valence-corrected chi connectivity index (χ1v) is 9.50. The van der Waals surface area contributed by atoms with Gasteiger partial charge in [0, 0.05) is 25.9 Å². The molecule has 0 bridgehead atoms. The Balaban J connectivity index is 1.91. The predicted molar refractivity (Wildman–Crippen MR) is 85.6 cm³/mol. The maximum Gasteiger partial charge on any atom is 0.573 e. The molecule has 1 aromatic rings. The van der Waals surface area contributed by atoms with Crippen LogP contribution in [0.4, 0.5) is 13.2 Å². The summed E-state index contributed by atoms with van der Waals surface area (Å²) in [7, 11) is -6.44. The lowest BCUT2D eigenvalue weighted by Gasteiger charge is -2.37. The van der Waals surface area contributed by atoms with Crippen LogP contribution in [0.5, 0.6) is 5.75 Å². The Hall–Kier alpha value is -1.38. The van der Waals surface area contributed by atoms with Crippen molar-refractivity contribution >= 4 is 22.6 Å². The van der Waals surface area contributed by atoms with E-state index in [1.807, 2.05) is 0 Å². The molecule has 0 amide bonds. The number of halogens is 3. The molecule has 2 fully saturated rings. The fourth-order valence-electron chi connectivity index (χ4n) is 3.09. The summed E-state index contributed by atoms with van der Waals surface area (Å²) >= 11 is 0. The van der Waals surface area contributed by atoms with Crippen molar-refractivity contribution in [2.45, 2.75) is 29.9 Å². The highest BCUT2D eigenvalue weighted by molar-refractivity contribution is 7.89. The quantitative estimate of drug-likeness (QED) is 0.661. The Morgan fingerprint density at radius 3 is 2.26 bits per heavy atom. The van der Waals surface area contributed by atoms with E-state index in [0.717, 1.165) is 22.5 Å². The molecule has 13 heteroatoms. The molecule has 2 aliphatic rings. The molecule has 2 N–H and O–H groups in total. The number of alkyl halides is 3. The van der Waals surface area contributed by atoms with Crippen LogP contribution in [0, 0.1) is 0 Å². The van der Waals surface area contributed by atoms with E-state index in [9.17, 15) is 31.6 Å². The molecule has 0 saturated carbocycles. The van der Waals surface area contributed by atoms with Gasteiger partial charge in [0.05, 0.1) is 13.2 Å². The Bertz CT molecular complexity index is 786. The first-order chi connectivity index (χ1) is 12.5. The summed E-state index contributed by atoms with van der Waals surface area (Å²) < 4.78 is 79.6. The molecule has 1 spiro atoms. The number of nitrogens with zero attached hydrogens (tertiary/aromatic N) is 1. The van der Waals surface area contributed by atoms with Crippen LogP contribution in [0.3, 0.4) is 0 Å². The molecule has 0 radical (unpaired) electrons. The van der Waals surface area contributed by atoms with Gasteiger partial charge in [-0.2, -0.15) is 4.31 Å². The van der Waals surface area contributed by atoms with Crippen molar-refractivity contribution in [2.75, 3.05) is 26.3 Å². The fourth-order valence-corrected chi connectivity index (χ4v) is 4.68. The molecule has 0 aliphatic carbocycles. The van der Waals surface area contributed by atoms with Gasteiger partial charge in [0.25, 0.3) is 0 Å². The summed E-state index contributed by atoms with van der Waals surface area (Å²) in [5, 5.41) is 18.5. The summed E-state index contributed by atoms with van der Waals surface area (Å²) in [5.41, 5.74) is -0.279.